The minimum Gasteiger partial charge on any atom is -0.497 e. The molecule has 1 aliphatic heterocycles. The molecule has 26 heavy (non-hydrogen) atoms. The predicted octanol–water partition coefficient (Wildman–Crippen LogP) is 3.48. The number of methoxy groups -OCH3 is 2. The van der Waals surface area contributed by atoms with Gasteiger partial charge in [0.2, 0.25) is 0 Å². The molecule has 5 nitrogen and oxygen atoms in total. The lowest BCUT2D eigenvalue weighted by molar-refractivity contribution is -0.164. The van der Waals surface area contributed by atoms with Crippen molar-refractivity contribution in [3.8, 4) is 5.75 Å². The van der Waals surface area contributed by atoms with Gasteiger partial charge in [0, 0.05) is 5.69 Å². The maximum absolute atomic E-state index is 13.8. The maximum atomic E-state index is 13.8. The number of nitrogens with zero attached hydrogens (tertiary/aromatic N) is 1. The Morgan fingerprint density at radius 1 is 1.19 bits per heavy atom. The lowest BCUT2D eigenvalue weighted by Gasteiger charge is -2.33. The van der Waals surface area contributed by atoms with Crippen molar-refractivity contribution < 1.29 is 27.4 Å². The number of unbranched alkanes of at least 4 members (excludes halogenated alkanes) is 2. The van der Waals surface area contributed by atoms with Crippen molar-refractivity contribution in [2.24, 2.45) is 0 Å². The Hall–Kier alpha value is -1.96. The summed E-state index contributed by atoms with van der Waals surface area (Å²) >= 11 is 0. The monoisotopic (exact) mass is 374 g/mol. The van der Waals surface area contributed by atoms with E-state index >= 15 is 0 Å². The SMILES string of the molecule is CCCCC[C@@H]1N[C@@H](C(=O)OC)[C@H](C(F)(F)F)N1c1ccc(OC)cc1. The molecule has 3 atom stereocenters. The molecule has 0 aromatic heterocycles. The fourth-order valence-corrected chi connectivity index (χ4v) is 3.31. The summed E-state index contributed by atoms with van der Waals surface area (Å²) in [5.74, 6) is -0.361. The van der Waals surface area contributed by atoms with E-state index in [0.29, 0.717) is 17.9 Å². The van der Waals surface area contributed by atoms with Gasteiger partial charge in [-0.1, -0.05) is 26.2 Å². The second-order valence-electron chi connectivity index (χ2n) is 6.27. The standard InChI is InChI=1S/C18H25F3N2O3/c1-4-5-6-7-14-22-15(17(24)26-3)16(18(19,20)21)23(14)12-8-10-13(25-2)11-9-12/h8-11,14-16,22H,4-7H2,1-3H3/t14-,15-,16-/m1/s1. The summed E-state index contributed by atoms with van der Waals surface area (Å²) in [6, 6.07) is 2.91. The Balaban J connectivity index is 2.40. The first-order valence-electron chi connectivity index (χ1n) is 8.66. The zero-order valence-corrected chi connectivity index (χ0v) is 15.2. The average molecular weight is 374 g/mol. The van der Waals surface area contributed by atoms with Crippen LogP contribution >= 0.6 is 0 Å². The number of ether oxygens (including phenoxy) is 2. The van der Waals surface area contributed by atoms with Crippen LogP contribution in [0.25, 0.3) is 0 Å². The van der Waals surface area contributed by atoms with Crippen molar-refractivity contribution in [3.63, 3.8) is 0 Å². The van der Waals surface area contributed by atoms with E-state index in [1.165, 1.54) is 12.0 Å². The van der Waals surface area contributed by atoms with E-state index in [2.05, 4.69) is 10.1 Å². The van der Waals surface area contributed by atoms with E-state index < -0.39 is 30.4 Å². The minimum absolute atomic E-state index is 0.383. The van der Waals surface area contributed by atoms with Gasteiger partial charge in [-0.25, -0.2) is 0 Å². The van der Waals surface area contributed by atoms with Crippen molar-refractivity contribution in [1.29, 1.82) is 0 Å². The molecule has 1 N–H and O–H groups in total. The Morgan fingerprint density at radius 2 is 1.85 bits per heavy atom. The van der Waals surface area contributed by atoms with Crippen molar-refractivity contribution in [2.45, 2.75) is 57.0 Å². The molecule has 1 heterocycles. The average Bonchev–Trinajstić information content (AvgIpc) is 3.01. The third-order valence-electron chi connectivity index (χ3n) is 4.57. The van der Waals surface area contributed by atoms with Crippen LogP contribution in [0.1, 0.15) is 32.6 Å². The topological polar surface area (TPSA) is 50.8 Å². The zero-order valence-electron chi connectivity index (χ0n) is 15.2. The number of hydrogen-bond acceptors (Lipinski definition) is 5. The number of alkyl halides is 3. The number of halogens is 3. The van der Waals surface area contributed by atoms with E-state index in [1.807, 2.05) is 6.92 Å². The van der Waals surface area contributed by atoms with Crippen LogP contribution in [0.2, 0.25) is 0 Å². The highest BCUT2D eigenvalue weighted by atomic mass is 19.4. The van der Waals surface area contributed by atoms with Crippen LogP contribution in [0, 0.1) is 0 Å². The summed E-state index contributed by atoms with van der Waals surface area (Å²) in [6.45, 7) is 2.03. The molecule has 8 heteroatoms. The fourth-order valence-electron chi connectivity index (χ4n) is 3.31. The van der Waals surface area contributed by atoms with Crippen LogP contribution in [0.4, 0.5) is 18.9 Å². The molecule has 0 bridgehead atoms. The van der Waals surface area contributed by atoms with E-state index in [0.717, 1.165) is 26.4 Å². The molecule has 1 saturated heterocycles. The molecule has 2 rings (SSSR count). The summed E-state index contributed by atoms with van der Waals surface area (Å²) in [5, 5.41) is 2.83. The van der Waals surface area contributed by atoms with Crippen molar-refractivity contribution >= 4 is 11.7 Å². The van der Waals surface area contributed by atoms with Gasteiger partial charge in [-0.15, -0.1) is 0 Å². The largest absolute Gasteiger partial charge is 0.497 e. The number of carbonyl (C=O) groups excluding carboxylic acids is 1. The first-order chi connectivity index (χ1) is 12.3. The van der Waals surface area contributed by atoms with Crippen molar-refractivity contribution in [2.75, 3.05) is 19.1 Å². The summed E-state index contributed by atoms with van der Waals surface area (Å²) in [4.78, 5) is 13.2. The first kappa shape index (κ1) is 20.4. The summed E-state index contributed by atoms with van der Waals surface area (Å²) in [5.41, 5.74) is 0.383. The smallest absolute Gasteiger partial charge is 0.410 e. The van der Waals surface area contributed by atoms with Crippen LogP contribution in [0.5, 0.6) is 5.75 Å². The van der Waals surface area contributed by atoms with Gasteiger partial charge in [0.05, 0.1) is 20.4 Å². The normalized spacial score (nSPS) is 23.2. The number of carbonyl (C=O) groups is 1. The van der Waals surface area contributed by atoms with Gasteiger partial charge in [-0.2, -0.15) is 13.2 Å². The molecule has 0 radical (unpaired) electrons. The zero-order chi connectivity index (χ0) is 19.3. The van der Waals surface area contributed by atoms with Gasteiger partial charge in [0.25, 0.3) is 0 Å². The molecule has 0 unspecified atom stereocenters. The highest BCUT2D eigenvalue weighted by molar-refractivity contribution is 5.79. The summed E-state index contributed by atoms with van der Waals surface area (Å²) < 4.78 is 51.2. The molecule has 1 aliphatic rings. The second-order valence-corrected chi connectivity index (χ2v) is 6.27. The summed E-state index contributed by atoms with van der Waals surface area (Å²) in [6.07, 6.45) is -2.07. The quantitative estimate of drug-likeness (QED) is 0.585. The summed E-state index contributed by atoms with van der Waals surface area (Å²) in [7, 11) is 2.59. The van der Waals surface area contributed by atoms with Crippen LogP contribution in [-0.2, 0) is 9.53 Å². The van der Waals surface area contributed by atoms with E-state index in [-0.39, 0.29) is 0 Å². The van der Waals surface area contributed by atoms with Gasteiger partial charge in [-0.3, -0.25) is 10.1 Å². The molecule has 0 spiro atoms. The first-order valence-corrected chi connectivity index (χ1v) is 8.66. The van der Waals surface area contributed by atoms with Gasteiger partial charge in [0.15, 0.2) is 6.04 Å². The predicted molar refractivity (Wildman–Crippen MR) is 92.2 cm³/mol. The Kier molecular flexibility index (Phi) is 6.75. The highest BCUT2D eigenvalue weighted by Gasteiger charge is 2.57. The molecule has 0 amide bonds. The molecular formula is C18H25F3N2O3. The number of hydrogen-bond donors (Lipinski definition) is 1. The third-order valence-corrected chi connectivity index (χ3v) is 4.57. The molecule has 1 fully saturated rings. The fraction of sp³-hybridized carbons (Fsp3) is 0.611. The van der Waals surface area contributed by atoms with Crippen molar-refractivity contribution in [3.05, 3.63) is 24.3 Å². The van der Waals surface area contributed by atoms with E-state index in [4.69, 9.17) is 4.74 Å². The number of nitrogens with one attached hydrogen (secondary N) is 1. The molecule has 1 aromatic carbocycles. The van der Waals surface area contributed by atoms with Crippen LogP contribution in [-0.4, -0.2) is 44.6 Å². The van der Waals surface area contributed by atoms with Gasteiger partial charge < -0.3 is 14.4 Å². The highest BCUT2D eigenvalue weighted by Crippen LogP contribution is 2.38. The van der Waals surface area contributed by atoms with Gasteiger partial charge in [-0.05, 0) is 30.7 Å². The van der Waals surface area contributed by atoms with Crippen LogP contribution < -0.4 is 15.0 Å². The molecular weight excluding hydrogens is 349 g/mol. The van der Waals surface area contributed by atoms with Crippen LogP contribution in [0.15, 0.2) is 24.3 Å². The number of benzene rings is 1. The van der Waals surface area contributed by atoms with E-state index in [1.54, 1.807) is 24.3 Å². The third kappa shape index (κ3) is 4.41. The molecule has 0 aliphatic carbocycles. The Labute approximate surface area is 151 Å². The Morgan fingerprint density at radius 3 is 2.35 bits per heavy atom. The lowest BCUT2D eigenvalue weighted by Crippen LogP contribution is -2.51. The number of anilines is 1. The second kappa shape index (κ2) is 8.62. The lowest BCUT2D eigenvalue weighted by atomic mass is 10.1. The maximum Gasteiger partial charge on any atom is 0.410 e. The molecule has 0 saturated carbocycles. The van der Waals surface area contributed by atoms with Crippen LogP contribution in [0.3, 0.4) is 0 Å². The number of esters is 1. The Bertz CT molecular complexity index is 592. The van der Waals surface area contributed by atoms with Gasteiger partial charge >= 0.3 is 12.1 Å². The minimum atomic E-state index is -4.59. The van der Waals surface area contributed by atoms with Crippen molar-refractivity contribution in [1.82, 2.24) is 5.32 Å². The molecule has 1 aromatic rings. The van der Waals surface area contributed by atoms with Gasteiger partial charge in [0.1, 0.15) is 11.8 Å². The molecule has 146 valence electrons. The van der Waals surface area contributed by atoms with E-state index in [9.17, 15) is 18.0 Å². The number of rotatable bonds is 7.